The zero-order valence-electron chi connectivity index (χ0n) is 17.9. The highest BCUT2D eigenvalue weighted by Crippen LogP contribution is 2.31. The number of piperidine rings is 1. The maximum Gasteiger partial charge on any atom is 0.322 e. The van der Waals surface area contributed by atoms with Crippen molar-refractivity contribution in [2.75, 3.05) is 30.4 Å². The summed E-state index contributed by atoms with van der Waals surface area (Å²) in [5.74, 6) is 0.186. The van der Waals surface area contributed by atoms with Crippen LogP contribution in [0, 0.1) is 0 Å². The molecule has 0 bridgehead atoms. The fraction of sp³-hybridized carbons (Fsp3) is 0.333. The van der Waals surface area contributed by atoms with E-state index in [9.17, 15) is 9.59 Å². The Balaban J connectivity index is 1.57. The number of urea groups is 1. The van der Waals surface area contributed by atoms with Gasteiger partial charge in [-0.05, 0) is 56.5 Å². The van der Waals surface area contributed by atoms with Gasteiger partial charge < -0.3 is 25.3 Å². The maximum atomic E-state index is 13.1. The molecule has 2 heterocycles. The predicted octanol–water partition coefficient (Wildman–Crippen LogP) is 4.75. The Hall–Kier alpha value is -3.48. The van der Waals surface area contributed by atoms with Gasteiger partial charge in [0.25, 0.3) is 0 Å². The van der Waals surface area contributed by atoms with Crippen molar-refractivity contribution in [1.29, 1.82) is 0 Å². The molecule has 4 rings (SSSR count). The summed E-state index contributed by atoms with van der Waals surface area (Å²) in [6.07, 6.45) is 3.41. The third-order valence-corrected chi connectivity index (χ3v) is 5.98. The van der Waals surface area contributed by atoms with Gasteiger partial charge in [-0.2, -0.15) is 0 Å². The molecule has 0 aliphatic carbocycles. The van der Waals surface area contributed by atoms with Crippen molar-refractivity contribution in [3.8, 4) is 0 Å². The first-order valence-electron chi connectivity index (χ1n) is 10.6. The van der Waals surface area contributed by atoms with Crippen molar-refractivity contribution in [3.63, 3.8) is 0 Å². The minimum absolute atomic E-state index is 0.273. The van der Waals surface area contributed by atoms with Crippen LogP contribution in [0.1, 0.15) is 48.3 Å². The highest BCUT2D eigenvalue weighted by Gasteiger charge is 2.23. The normalized spacial score (nSPS) is 15.0. The van der Waals surface area contributed by atoms with Gasteiger partial charge >= 0.3 is 6.03 Å². The van der Waals surface area contributed by atoms with Gasteiger partial charge in [-0.1, -0.05) is 18.2 Å². The molecular formula is C24H28N4O3. The first kappa shape index (κ1) is 20.8. The highest BCUT2D eigenvalue weighted by atomic mass is 16.3. The average molecular weight is 421 g/mol. The van der Waals surface area contributed by atoms with Crippen LogP contribution in [0.2, 0.25) is 0 Å². The first-order valence-corrected chi connectivity index (χ1v) is 10.6. The molecule has 0 spiro atoms. The van der Waals surface area contributed by atoms with E-state index in [2.05, 4.69) is 10.2 Å². The zero-order chi connectivity index (χ0) is 22.0. The summed E-state index contributed by atoms with van der Waals surface area (Å²) >= 11 is 0. The minimum Gasteiger partial charge on any atom is -0.459 e. The summed E-state index contributed by atoms with van der Waals surface area (Å²) in [7, 11) is 1.73. The Kier molecular flexibility index (Phi) is 5.84. The van der Waals surface area contributed by atoms with Gasteiger partial charge in [-0.3, -0.25) is 4.79 Å². The molecule has 162 valence electrons. The number of rotatable bonds is 5. The monoisotopic (exact) mass is 420 g/mol. The number of nitrogens with zero attached hydrogens (tertiary/aromatic N) is 2. The lowest BCUT2D eigenvalue weighted by atomic mass is 10.1. The molecule has 1 aliphatic rings. The number of anilines is 2. The summed E-state index contributed by atoms with van der Waals surface area (Å²) in [5, 5.41) is 3.98. The molecule has 3 N–H and O–H groups in total. The molecule has 1 aromatic heterocycles. The molecule has 1 saturated heterocycles. The molecule has 31 heavy (non-hydrogen) atoms. The smallest absolute Gasteiger partial charge is 0.322 e. The number of primary amides is 1. The van der Waals surface area contributed by atoms with Crippen molar-refractivity contribution >= 4 is 34.3 Å². The Labute approximate surface area is 181 Å². The molecular weight excluding hydrogens is 392 g/mol. The van der Waals surface area contributed by atoms with E-state index in [0.717, 1.165) is 42.6 Å². The van der Waals surface area contributed by atoms with Crippen molar-refractivity contribution < 1.29 is 14.0 Å². The standard InChI is InChI=1S/C24H28N4O3/c1-16(22-15-17-8-4-5-9-21(17)31-22)27(2)24(30)26-19-14-18(23(25)29)10-11-20(19)28-12-6-3-7-13-28/h4-5,8-11,14-16H,3,6-7,12-13H2,1-2H3,(H2,25,29)(H,26,30). The number of hydrogen-bond acceptors (Lipinski definition) is 4. The van der Waals surface area contributed by atoms with Crippen LogP contribution < -0.4 is 16.0 Å². The van der Waals surface area contributed by atoms with Crippen molar-refractivity contribution in [2.24, 2.45) is 5.73 Å². The van der Waals surface area contributed by atoms with Crippen LogP contribution in [0.4, 0.5) is 16.2 Å². The molecule has 1 unspecified atom stereocenters. The highest BCUT2D eigenvalue weighted by molar-refractivity contribution is 5.99. The van der Waals surface area contributed by atoms with Gasteiger partial charge in [0.15, 0.2) is 0 Å². The second-order valence-electron chi connectivity index (χ2n) is 8.05. The van der Waals surface area contributed by atoms with Gasteiger partial charge in [0, 0.05) is 31.1 Å². The second kappa shape index (κ2) is 8.71. The second-order valence-corrected chi connectivity index (χ2v) is 8.05. The Morgan fingerprint density at radius 1 is 1.10 bits per heavy atom. The summed E-state index contributed by atoms with van der Waals surface area (Å²) in [5.41, 5.74) is 8.13. The van der Waals surface area contributed by atoms with Crippen molar-refractivity contribution in [1.82, 2.24) is 4.90 Å². The number of amides is 3. The van der Waals surface area contributed by atoms with Crippen molar-refractivity contribution in [3.05, 3.63) is 59.9 Å². The van der Waals surface area contributed by atoms with Crippen LogP contribution >= 0.6 is 0 Å². The number of carbonyl (C=O) groups excluding carboxylic acids is 2. The van der Waals surface area contributed by atoms with Crippen LogP contribution in [-0.2, 0) is 0 Å². The molecule has 1 aliphatic heterocycles. The van der Waals surface area contributed by atoms with Gasteiger partial charge in [0.1, 0.15) is 11.3 Å². The van der Waals surface area contributed by atoms with E-state index in [1.54, 1.807) is 24.1 Å². The number of nitrogens with two attached hydrogens (primary N) is 1. The number of fused-ring (bicyclic) bond motifs is 1. The van der Waals surface area contributed by atoms with Gasteiger partial charge in [0.05, 0.1) is 17.4 Å². The predicted molar refractivity (Wildman–Crippen MR) is 122 cm³/mol. The van der Waals surface area contributed by atoms with E-state index in [1.807, 2.05) is 43.3 Å². The lowest BCUT2D eigenvalue weighted by molar-refractivity contribution is 0.1000. The molecule has 0 radical (unpaired) electrons. The topological polar surface area (TPSA) is 91.8 Å². The molecule has 7 nitrogen and oxygen atoms in total. The third kappa shape index (κ3) is 4.35. The fourth-order valence-electron chi connectivity index (χ4n) is 3.98. The average Bonchev–Trinajstić information content (AvgIpc) is 3.23. The van der Waals surface area contributed by atoms with Gasteiger partial charge in [-0.15, -0.1) is 0 Å². The number of nitrogens with one attached hydrogen (secondary N) is 1. The van der Waals surface area contributed by atoms with E-state index in [1.165, 1.54) is 6.42 Å². The van der Waals surface area contributed by atoms with E-state index in [0.29, 0.717) is 17.0 Å². The van der Waals surface area contributed by atoms with Crippen LogP contribution in [0.5, 0.6) is 0 Å². The lowest BCUT2D eigenvalue weighted by Gasteiger charge is -2.31. The molecule has 1 fully saturated rings. The fourth-order valence-corrected chi connectivity index (χ4v) is 3.98. The third-order valence-electron chi connectivity index (χ3n) is 5.98. The van der Waals surface area contributed by atoms with Crippen LogP contribution in [0.15, 0.2) is 52.9 Å². The lowest BCUT2D eigenvalue weighted by Crippen LogP contribution is -2.35. The number of para-hydroxylation sites is 1. The maximum absolute atomic E-state index is 13.1. The molecule has 3 aromatic rings. The molecule has 2 aromatic carbocycles. The molecule has 1 atom stereocenters. The SMILES string of the molecule is CC(c1cc2ccccc2o1)N(C)C(=O)Nc1cc(C(N)=O)ccc1N1CCCCC1. The largest absolute Gasteiger partial charge is 0.459 e. The molecule has 7 heteroatoms. The van der Waals surface area contributed by atoms with Gasteiger partial charge in [-0.25, -0.2) is 4.79 Å². The summed E-state index contributed by atoms with van der Waals surface area (Å²) in [6, 6.07) is 14.4. The van der Waals surface area contributed by atoms with Gasteiger partial charge in [0.2, 0.25) is 5.91 Å². The zero-order valence-corrected chi connectivity index (χ0v) is 17.9. The van der Waals surface area contributed by atoms with Crippen LogP contribution in [0.25, 0.3) is 11.0 Å². The van der Waals surface area contributed by atoms with Crippen LogP contribution in [0.3, 0.4) is 0 Å². The number of hydrogen-bond donors (Lipinski definition) is 2. The molecule has 0 saturated carbocycles. The first-order chi connectivity index (χ1) is 14.9. The Bertz CT molecular complexity index is 1070. The number of carbonyl (C=O) groups is 2. The Morgan fingerprint density at radius 2 is 1.84 bits per heavy atom. The van der Waals surface area contributed by atoms with E-state index >= 15 is 0 Å². The quantitative estimate of drug-likeness (QED) is 0.623. The van der Waals surface area contributed by atoms with E-state index < -0.39 is 5.91 Å². The summed E-state index contributed by atoms with van der Waals surface area (Å²) in [4.78, 5) is 28.6. The van der Waals surface area contributed by atoms with E-state index in [-0.39, 0.29) is 12.1 Å². The number of furan rings is 1. The summed E-state index contributed by atoms with van der Waals surface area (Å²) < 4.78 is 5.93. The minimum atomic E-state index is -0.523. The summed E-state index contributed by atoms with van der Waals surface area (Å²) in [6.45, 7) is 3.76. The van der Waals surface area contributed by atoms with Crippen molar-refractivity contribution in [2.45, 2.75) is 32.2 Å². The van der Waals surface area contributed by atoms with E-state index in [4.69, 9.17) is 10.2 Å². The van der Waals surface area contributed by atoms with Crippen LogP contribution in [-0.4, -0.2) is 37.0 Å². The Morgan fingerprint density at radius 3 is 2.55 bits per heavy atom. The number of benzene rings is 2. The molecule has 3 amide bonds.